The zero-order valence-corrected chi connectivity index (χ0v) is 23.3. The molecule has 1 atom stereocenters. The molecule has 206 valence electrons. The van der Waals surface area contributed by atoms with Crippen LogP contribution in [-0.4, -0.2) is 33.5 Å². The molecule has 1 aliphatic heterocycles. The zero-order valence-electron chi connectivity index (χ0n) is 22.5. The van der Waals surface area contributed by atoms with Crippen LogP contribution >= 0.6 is 11.6 Å². The minimum absolute atomic E-state index is 0.145. The average molecular weight is 572 g/mol. The second-order valence-corrected chi connectivity index (χ2v) is 10.4. The van der Waals surface area contributed by atoms with Crippen LogP contribution in [0.2, 0.25) is 5.02 Å². The Labute approximate surface area is 248 Å². The highest BCUT2D eigenvalue weighted by Crippen LogP contribution is 2.29. The summed E-state index contributed by atoms with van der Waals surface area (Å²) >= 11 is 6.30. The van der Waals surface area contributed by atoms with Crippen LogP contribution < -0.4 is 10.6 Å². The van der Waals surface area contributed by atoms with E-state index in [2.05, 4.69) is 44.9 Å². The number of nitrogens with zero attached hydrogens (tertiary/aromatic N) is 3. The van der Waals surface area contributed by atoms with Gasteiger partial charge in [-0.05, 0) is 53.1 Å². The third-order valence-electron chi connectivity index (χ3n) is 6.97. The second-order valence-electron chi connectivity index (χ2n) is 9.95. The first kappa shape index (κ1) is 27.1. The van der Waals surface area contributed by atoms with Gasteiger partial charge in [-0.2, -0.15) is 0 Å². The van der Waals surface area contributed by atoms with E-state index in [-0.39, 0.29) is 18.2 Å². The maximum absolute atomic E-state index is 13.4. The van der Waals surface area contributed by atoms with Gasteiger partial charge in [-0.1, -0.05) is 78.3 Å². The van der Waals surface area contributed by atoms with Gasteiger partial charge in [-0.15, -0.1) is 0 Å². The molecule has 2 N–H and O–H groups in total. The summed E-state index contributed by atoms with van der Waals surface area (Å²) in [6.07, 6.45) is 3.60. The van der Waals surface area contributed by atoms with Crippen LogP contribution in [0.25, 0.3) is 11.1 Å². The van der Waals surface area contributed by atoms with E-state index in [0.29, 0.717) is 34.2 Å². The Morgan fingerprint density at radius 1 is 0.857 bits per heavy atom. The predicted octanol–water partition coefficient (Wildman–Crippen LogP) is 6.38. The third-order valence-corrected chi connectivity index (χ3v) is 7.21. The summed E-state index contributed by atoms with van der Waals surface area (Å²) in [7, 11) is 0. The van der Waals surface area contributed by atoms with Crippen molar-refractivity contribution >= 4 is 40.5 Å². The summed E-state index contributed by atoms with van der Waals surface area (Å²) in [4.78, 5) is 38.9. The molecule has 1 aliphatic rings. The number of benzene rings is 4. The molecule has 0 aliphatic carbocycles. The Bertz CT molecular complexity index is 1770. The molecule has 1 aromatic heterocycles. The molecular formula is C34H26ClN5O2. The summed E-state index contributed by atoms with van der Waals surface area (Å²) in [5.74, 6) is -0.381. The lowest BCUT2D eigenvalue weighted by Gasteiger charge is -2.13. The van der Waals surface area contributed by atoms with Gasteiger partial charge in [-0.3, -0.25) is 14.6 Å². The van der Waals surface area contributed by atoms with Gasteiger partial charge in [0.25, 0.3) is 0 Å². The standard InChI is InChI=1S/C34H26ClN5O2/c35-26-11-14-29-30(19-26)40-34(42)31(18-22-5-4-8-25(17-22)23-6-2-1-3-7-23)39-33(29)24-9-12-27(13-10-24)38-32(41)20-28-15-16-36-21-37-28/h1-17,19,21,31H,18,20H2,(H,38,41)(H,40,42). The normalized spacial score (nSPS) is 14.3. The molecule has 5 aromatic rings. The van der Waals surface area contributed by atoms with Gasteiger partial charge >= 0.3 is 0 Å². The predicted molar refractivity (Wildman–Crippen MR) is 166 cm³/mol. The summed E-state index contributed by atoms with van der Waals surface area (Å²) in [6.45, 7) is 0. The van der Waals surface area contributed by atoms with Crippen LogP contribution in [0.3, 0.4) is 0 Å². The van der Waals surface area contributed by atoms with Crippen molar-refractivity contribution in [2.24, 2.45) is 4.99 Å². The average Bonchev–Trinajstić information content (AvgIpc) is 3.14. The molecular weight excluding hydrogens is 546 g/mol. The molecule has 2 heterocycles. The fourth-order valence-corrected chi connectivity index (χ4v) is 5.10. The van der Waals surface area contributed by atoms with Crippen LogP contribution in [0.1, 0.15) is 22.4 Å². The molecule has 1 unspecified atom stereocenters. The second kappa shape index (κ2) is 12.2. The number of amides is 2. The number of benzodiazepines with no additional fused rings is 1. The van der Waals surface area contributed by atoms with Crippen LogP contribution in [0.15, 0.2) is 121 Å². The first-order valence-electron chi connectivity index (χ1n) is 13.5. The number of hydrogen-bond acceptors (Lipinski definition) is 5. The van der Waals surface area contributed by atoms with Crippen LogP contribution in [0.4, 0.5) is 11.4 Å². The number of aromatic nitrogens is 2. The molecule has 2 amide bonds. The zero-order chi connectivity index (χ0) is 28.9. The minimum Gasteiger partial charge on any atom is -0.326 e. The Balaban J connectivity index is 1.28. The molecule has 0 fully saturated rings. The lowest BCUT2D eigenvalue weighted by atomic mass is 9.98. The van der Waals surface area contributed by atoms with E-state index < -0.39 is 6.04 Å². The van der Waals surface area contributed by atoms with Gasteiger partial charge in [-0.25, -0.2) is 9.97 Å². The molecule has 8 heteroatoms. The Morgan fingerprint density at radius 3 is 2.45 bits per heavy atom. The molecule has 0 spiro atoms. The first-order valence-corrected chi connectivity index (χ1v) is 13.9. The number of carbonyl (C=O) groups is 2. The number of anilines is 2. The van der Waals surface area contributed by atoms with E-state index in [1.54, 1.807) is 24.4 Å². The van der Waals surface area contributed by atoms with E-state index in [9.17, 15) is 9.59 Å². The molecule has 4 aromatic carbocycles. The van der Waals surface area contributed by atoms with Gasteiger partial charge in [0, 0.05) is 34.5 Å². The number of carbonyl (C=O) groups excluding carboxylic acids is 2. The quantitative estimate of drug-likeness (QED) is 0.237. The summed E-state index contributed by atoms with van der Waals surface area (Å²) < 4.78 is 0. The van der Waals surface area contributed by atoms with Gasteiger partial charge in [0.15, 0.2) is 0 Å². The highest BCUT2D eigenvalue weighted by atomic mass is 35.5. The number of fused-ring (bicyclic) bond motifs is 1. The number of halogens is 1. The Morgan fingerprint density at radius 2 is 1.67 bits per heavy atom. The van der Waals surface area contributed by atoms with Crippen molar-refractivity contribution in [1.29, 1.82) is 0 Å². The summed E-state index contributed by atoms with van der Waals surface area (Å²) in [5.41, 5.74) is 7.34. The molecule has 42 heavy (non-hydrogen) atoms. The van der Waals surface area contributed by atoms with Crippen molar-refractivity contribution in [3.05, 3.63) is 143 Å². The number of nitrogens with one attached hydrogen (secondary N) is 2. The maximum atomic E-state index is 13.4. The van der Waals surface area contributed by atoms with Gasteiger partial charge in [0.1, 0.15) is 12.4 Å². The van der Waals surface area contributed by atoms with E-state index >= 15 is 0 Å². The topological polar surface area (TPSA) is 96.3 Å². The van der Waals surface area contributed by atoms with Crippen molar-refractivity contribution in [3.63, 3.8) is 0 Å². The van der Waals surface area contributed by atoms with Gasteiger partial charge in [0.2, 0.25) is 11.8 Å². The monoisotopic (exact) mass is 571 g/mol. The van der Waals surface area contributed by atoms with Crippen molar-refractivity contribution in [1.82, 2.24) is 9.97 Å². The lowest BCUT2D eigenvalue weighted by Crippen LogP contribution is -2.27. The largest absolute Gasteiger partial charge is 0.326 e. The van der Waals surface area contributed by atoms with E-state index in [1.165, 1.54) is 6.33 Å². The lowest BCUT2D eigenvalue weighted by molar-refractivity contribution is -0.117. The highest BCUT2D eigenvalue weighted by Gasteiger charge is 2.26. The molecule has 7 nitrogen and oxygen atoms in total. The Kier molecular flexibility index (Phi) is 7.83. The highest BCUT2D eigenvalue weighted by molar-refractivity contribution is 6.31. The Hall–Kier alpha value is -5.14. The van der Waals surface area contributed by atoms with E-state index in [4.69, 9.17) is 16.6 Å². The summed E-state index contributed by atoms with van der Waals surface area (Å²) in [5, 5.41) is 6.46. The number of aliphatic imine (C=N–C) groups is 1. The first-order chi connectivity index (χ1) is 20.5. The van der Waals surface area contributed by atoms with Crippen molar-refractivity contribution in [3.8, 4) is 11.1 Å². The molecule has 0 saturated heterocycles. The van der Waals surface area contributed by atoms with Crippen LogP contribution in [0.5, 0.6) is 0 Å². The van der Waals surface area contributed by atoms with Crippen LogP contribution in [-0.2, 0) is 22.4 Å². The molecule has 6 rings (SSSR count). The van der Waals surface area contributed by atoms with Gasteiger partial charge in [0.05, 0.1) is 23.5 Å². The molecule has 0 bridgehead atoms. The van der Waals surface area contributed by atoms with Crippen molar-refractivity contribution in [2.45, 2.75) is 18.9 Å². The SMILES string of the molecule is O=C(Cc1ccncn1)Nc1ccc(C2=NC(Cc3cccc(-c4ccccc4)c3)C(=O)Nc3cc(Cl)ccc32)cc1. The maximum Gasteiger partial charge on any atom is 0.249 e. The summed E-state index contributed by atoms with van der Waals surface area (Å²) in [6, 6.07) is 32.2. The fraction of sp³-hybridized carbons (Fsp3) is 0.0882. The molecule has 0 saturated carbocycles. The van der Waals surface area contributed by atoms with E-state index in [0.717, 1.165) is 27.8 Å². The van der Waals surface area contributed by atoms with Crippen molar-refractivity contribution < 1.29 is 9.59 Å². The fourth-order valence-electron chi connectivity index (χ4n) is 4.93. The van der Waals surface area contributed by atoms with Crippen molar-refractivity contribution in [2.75, 3.05) is 10.6 Å². The van der Waals surface area contributed by atoms with Crippen LogP contribution in [0, 0.1) is 0 Å². The number of rotatable bonds is 7. The molecule has 0 radical (unpaired) electrons. The third kappa shape index (κ3) is 6.27. The number of hydrogen-bond donors (Lipinski definition) is 2. The smallest absolute Gasteiger partial charge is 0.249 e. The van der Waals surface area contributed by atoms with Gasteiger partial charge < -0.3 is 10.6 Å². The minimum atomic E-state index is -0.663. The van der Waals surface area contributed by atoms with E-state index in [1.807, 2.05) is 60.7 Å².